The number of hydrogen-bond acceptors (Lipinski definition) is 4. The van der Waals surface area contributed by atoms with Crippen molar-refractivity contribution in [1.82, 2.24) is 0 Å². The normalized spacial score (nSPS) is 25.2. The maximum Gasteiger partial charge on any atom is 0.155 e. The molecule has 0 aromatic carbocycles. The maximum atomic E-state index is 11.2. The zero-order valence-electron chi connectivity index (χ0n) is 37.3. The molecule has 0 bridgehead atoms. The van der Waals surface area contributed by atoms with Gasteiger partial charge in [0, 0.05) is 19.3 Å². The highest BCUT2D eigenvalue weighted by Gasteiger charge is 2.25. The Morgan fingerprint density at radius 3 is 1.50 bits per heavy atom. The van der Waals surface area contributed by atoms with Gasteiger partial charge in [0.2, 0.25) is 0 Å². The molecule has 0 spiro atoms. The second-order valence-corrected chi connectivity index (χ2v) is 18.8. The summed E-state index contributed by atoms with van der Waals surface area (Å²) in [4.78, 5) is 33.6. The third-order valence-electron chi connectivity index (χ3n) is 12.3. The van der Waals surface area contributed by atoms with Crippen molar-refractivity contribution in [2.45, 2.75) is 223 Å². The molecule has 4 aliphatic rings. The van der Waals surface area contributed by atoms with E-state index < -0.39 is 0 Å². The van der Waals surface area contributed by atoms with Gasteiger partial charge in [-0.25, -0.2) is 0 Å². The molecule has 7 atom stereocenters. The van der Waals surface area contributed by atoms with E-state index >= 15 is 0 Å². The molecule has 0 aliphatic heterocycles. The molecule has 312 valence electrons. The van der Waals surface area contributed by atoms with E-state index in [0.29, 0.717) is 46.9 Å². The van der Waals surface area contributed by atoms with Crippen molar-refractivity contribution in [3.63, 3.8) is 0 Å². The van der Waals surface area contributed by atoms with Gasteiger partial charge in [-0.1, -0.05) is 136 Å². The lowest BCUT2D eigenvalue weighted by molar-refractivity contribution is -0.116. The van der Waals surface area contributed by atoms with Crippen LogP contribution < -0.4 is 0 Å². The second-order valence-electron chi connectivity index (χ2n) is 18.8. The fourth-order valence-corrected chi connectivity index (χ4v) is 9.05. The van der Waals surface area contributed by atoms with Crippen LogP contribution in [0.25, 0.3) is 0 Å². The highest BCUT2D eigenvalue weighted by Crippen LogP contribution is 2.32. The van der Waals surface area contributed by atoms with Crippen LogP contribution in [0.15, 0.2) is 34.9 Å². The molecule has 0 heterocycles. The van der Waals surface area contributed by atoms with Crippen LogP contribution in [0.1, 0.15) is 217 Å². The van der Waals surface area contributed by atoms with E-state index in [-0.39, 0.29) is 6.10 Å². The summed E-state index contributed by atoms with van der Waals surface area (Å²) >= 11 is 0. The number of allylic oxidation sites excluding steroid dienone is 6. The van der Waals surface area contributed by atoms with Crippen LogP contribution in [-0.2, 0) is 14.4 Å². The SMILES string of the molecule is CC1=CC(=O)CC(CC(C)C)C1.CCC(C)CCCC(C)CCC1CCCC1O.CCCCC1CC(=O)C=C(C)C1.CCCCCC1CC(=O)C=C(C)C1. The van der Waals surface area contributed by atoms with Gasteiger partial charge >= 0.3 is 0 Å². The molecule has 1 fully saturated rings. The van der Waals surface area contributed by atoms with Crippen LogP contribution >= 0.6 is 0 Å². The molecule has 4 rings (SSSR count). The molecule has 4 aliphatic carbocycles. The average Bonchev–Trinajstić information content (AvgIpc) is 3.50. The summed E-state index contributed by atoms with van der Waals surface area (Å²) in [6.45, 7) is 22.1. The first-order valence-corrected chi connectivity index (χ1v) is 22.9. The van der Waals surface area contributed by atoms with Crippen molar-refractivity contribution in [3.8, 4) is 0 Å². The van der Waals surface area contributed by atoms with Gasteiger partial charge < -0.3 is 5.11 Å². The molecule has 4 nitrogen and oxygen atoms in total. The number of carbonyl (C=O) groups is 3. The highest BCUT2D eigenvalue weighted by atomic mass is 16.3. The lowest BCUT2D eigenvalue weighted by Crippen LogP contribution is -2.14. The van der Waals surface area contributed by atoms with E-state index in [0.717, 1.165) is 56.8 Å². The fourth-order valence-electron chi connectivity index (χ4n) is 9.05. The fraction of sp³-hybridized carbons (Fsp3) is 0.820. The smallest absolute Gasteiger partial charge is 0.155 e. The van der Waals surface area contributed by atoms with Gasteiger partial charge in [0.15, 0.2) is 17.3 Å². The minimum atomic E-state index is 0.0160. The molecule has 0 radical (unpaired) electrons. The number of aliphatic hydroxyl groups excluding tert-OH is 1. The van der Waals surface area contributed by atoms with Crippen LogP contribution in [-0.4, -0.2) is 28.6 Å². The van der Waals surface area contributed by atoms with E-state index in [2.05, 4.69) is 69.2 Å². The zero-order chi connectivity index (χ0) is 40.5. The first kappa shape index (κ1) is 50.2. The Bertz CT molecular complexity index is 1140. The third-order valence-corrected chi connectivity index (χ3v) is 12.3. The van der Waals surface area contributed by atoms with Gasteiger partial charge in [-0.3, -0.25) is 14.4 Å². The molecule has 1 N–H and O–H groups in total. The Morgan fingerprint density at radius 1 is 0.574 bits per heavy atom. The summed E-state index contributed by atoms with van der Waals surface area (Å²) < 4.78 is 0. The van der Waals surface area contributed by atoms with E-state index in [9.17, 15) is 19.5 Å². The Hall–Kier alpha value is -1.81. The summed E-state index contributed by atoms with van der Waals surface area (Å²) in [7, 11) is 0. The molecule has 0 aromatic heterocycles. The highest BCUT2D eigenvalue weighted by molar-refractivity contribution is 5.92. The number of ketones is 3. The topological polar surface area (TPSA) is 71.4 Å². The monoisotopic (exact) mass is 753 g/mol. The zero-order valence-corrected chi connectivity index (χ0v) is 37.3. The van der Waals surface area contributed by atoms with Gasteiger partial charge in [-0.15, -0.1) is 0 Å². The Kier molecular flexibility index (Phi) is 27.4. The number of rotatable bonds is 17. The van der Waals surface area contributed by atoms with Gasteiger partial charge in [-0.2, -0.15) is 0 Å². The molecule has 0 aromatic rings. The van der Waals surface area contributed by atoms with Gasteiger partial charge in [0.1, 0.15) is 0 Å². The second kappa shape index (κ2) is 29.4. The molecule has 1 saturated carbocycles. The summed E-state index contributed by atoms with van der Waals surface area (Å²) in [5.74, 6) is 5.98. The number of hydrogen-bond donors (Lipinski definition) is 1. The van der Waals surface area contributed by atoms with Crippen LogP contribution in [0, 0.1) is 41.4 Å². The molecular weight excluding hydrogens is 665 g/mol. The van der Waals surface area contributed by atoms with E-state index in [1.165, 1.54) is 119 Å². The molecule has 54 heavy (non-hydrogen) atoms. The number of unbranched alkanes of at least 4 members (excludes halogenated alkanes) is 3. The predicted octanol–water partition coefficient (Wildman–Crippen LogP) is 14.3. The minimum Gasteiger partial charge on any atom is -0.393 e. The molecule has 4 heteroatoms. The average molecular weight is 753 g/mol. The molecule has 0 amide bonds. The van der Waals surface area contributed by atoms with Crippen LogP contribution in [0.2, 0.25) is 0 Å². The van der Waals surface area contributed by atoms with Crippen molar-refractivity contribution < 1.29 is 19.5 Å². The minimum absolute atomic E-state index is 0.0160. The van der Waals surface area contributed by atoms with E-state index in [1.54, 1.807) is 6.08 Å². The Labute approximate surface area is 335 Å². The first-order chi connectivity index (χ1) is 25.6. The Morgan fingerprint density at radius 2 is 1.06 bits per heavy atom. The van der Waals surface area contributed by atoms with Crippen molar-refractivity contribution in [2.24, 2.45) is 41.4 Å². The van der Waals surface area contributed by atoms with Gasteiger partial charge in [0.05, 0.1) is 6.10 Å². The largest absolute Gasteiger partial charge is 0.393 e. The lowest BCUT2D eigenvalue weighted by atomic mass is 9.83. The molecular formula is C50H88O4. The standard InChI is InChI=1S/C16H32O.C12H20O.2C11H18O/c1-4-13(2)7-5-8-14(3)11-12-15-9-6-10-16(15)17;1-3-4-5-6-11-7-10(2)8-12(13)9-11;1-8(2)4-10-5-9(3)6-11(12)7-10;1-3-4-5-10-6-9(2)7-11(12)8-10/h13-17H,4-12H2,1-3H3;8,11H,3-7,9H2,1-2H3;6,8,10H,4-5,7H2,1-3H3;7,10H,3-6,8H2,1-2H3. The number of carbonyl (C=O) groups excluding carboxylic acids is 3. The number of aliphatic hydroxyl groups is 1. The van der Waals surface area contributed by atoms with E-state index in [1.807, 2.05) is 12.2 Å². The lowest BCUT2D eigenvalue weighted by Gasteiger charge is -2.21. The third kappa shape index (κ3) is 24.7. The van der Waals surface area contributed by atoms with Crippen molar-refractivity contribution in [3.05, 3.63) is 34.9 Å². The van der Waals surface area contributed by atoms with Crippen molar-refractivity contribution in [1.29, 1.82) is 0 Å². The molecule has 0 saturated heterocycles. The van der Waals surface area contributed by atoms with E-state index in [4.69, 9.17) is 0 Å². The summed E-state index contributed by atoms with van der Waals surface area (Å²) in [5.41, 5.74) is 3.81. The van der Waals surface area contributed by atoms with Crippen LogP contribution in [0.3, 0.4) is 0 Å². The maximum absolute atomic E-state index is 11.2. The molecule has 7 unspecified atom stereocenters. The van der Waals surface area contributed by atoms with Crippen LogP contribution in [0.5, 0.6) is 0 Å². The van der Waals surface area contributed by atoms with Crippen molar-refractivity contribution in [2.75, 3.05) is 0 Å². The summed E-state index contributed by atoms with van der Waals surface area (Å²) in [6.07, 6.45) is 32.9. The van der Waals surface area contributed by atoms with Gasteiger partial charge in [0.25, 0.3) is 0 Å². The van der Waals surface area contributed by atoms with Crippen molar-refractivity contribution >= 4 is 17.3 Å². The first-order valence-electron chi connectivity index (χ1n) is 22.9. The summed E-state index contributed by atoms with van der Waals surface area (Å²) in [5, 5.41) is 9.78. The summed E-state index contributed by atoms with van der Waals surface area (Å²) in [6, 6.07) is 0. The quantitative estimate of drug-likeness (QED) is 0.150. The van der Waals surface area contributed by atoms with Crippen LogP contribution in [0.4, 0.5) is 0 Å². The Balaban J connectivity index is 0.000000364. The van der Waals surface area contributed by atoms with Gasteiger partial charge in [-0.05, 0) is 138 Å². The predicted molar refractivity (Wildman–Crippen MR) is 233 cm³/mol.